The van der Waals surface area contributed by atoms with Crippen LogP contribution in [0.2, 0.25) is 0 Å². The van der Waals surface area contributed by atoms with Crippen molar-refractivity contribution in [1.29, 1.82) is 0 Å². The number of carbonyl (C=O) groups is 2. The van der Waals surface area contributed by atoms with Crippen LogP contribution in [-0.4, -0.2) is 49.6 Å². The predicted molar refractivity (Wildman–Crippen MR) is 116 cm³/mol. The number of hydrogen-bond donors (Lipinski definition) is 2. The van der Waals surface area contributed by atoms with E-state index >= 15 is 0 Å². The molecule has 8 heteroatoms. The van der Waals surface area contributed by atoms with Gasteiger partial charge >= 0.3 is 5.97 Å². The van der Waals surface area contributed by atoms with Crippen LogP contribution in [0.3, 0.4) is 0 Å². The second-order valence-electron chi connectivity index (χ2n) is 6.60. The quantitative estimate of drug-likeness (QED) is 0.340. The van der Waals surface area contributed by atoms with Gasteiger partial charge in [0.25, 0.3) is 5.91 Å². The molecule has 0 saturated heterocycles. The summed E-state index contributed by atoms with van der Waals surface area (Å²) in [5, 5.41) is 7.20. The third-order valence-electron chi connectivity index (χ3n) is 4.18. The molecule has 0 fully saturated rings. The van der Waals surface area contributed by atoms with Crippen molar-refractivity contribution in [2.24, 2.45) is 0 Å². The highest BCUT2D eigenvalue weighted by Gasteiger charge is 2.26. The van der Waals surface area contributed by atoms with Crippen molar-refractivity contribution in [3.05, 3.63) is 16.0 Å². The van der Waals surface area contributed by atoms with E-state index in [2.05, 4.69) is 17.6 Å². The number of unbranched alkanes of at least 4 members (excludes halogenated alkanes) is 5. The summed E-state index contributed by atoms with van der Waals surface area (Å²) in [5.74, 6) is -0.635. The van der Waals surface area contributed by atoms with Gasteiger partial charge in [0, 0.05) is 20.6 Å². The third-order valence-corrected chi connectivity index (χ3v) is 5.62. The number of nitrogens with one attached hydrogen (secondary N) is 2. The lowest BCUT2D eigenvalue weighted by molar-refractivity contribution is 0.0601. The standard InChI is InChI=1S/C19H31N3O3S2/c1-6-7-8-9-10-11-12-20-19(26)21-16-14(18(24)25-5)13(2)15(27-16)17(23)22(3)4/h6-12H2,1-5H3,(H2,20,21,26). The summed E-state index contributed by atoms with van der Waals surface area (Å²) in [6.45, 7) is 4.73. The van der Waals surface area contributed by atoms with Crippen LogP contribution < -0.4 is 10.6 Å². The van der Waals surface area contributed by atoms with Gasteiger partial charge in [-0.15, -0.1) is 11.3 Å². The Morgan fingerprint density at radius 3 is 2.37 bits per heavy atom. The first-order valence-electron chi connectivity index (χ1n) is 9.31. The third kappa shape index (κ3) is 7.10. The average Bonchev–Trinajstić information content (AvgIpc) is 2.95. The van der Waals surface area contributed by atoms with Crippen LogP contribution in [0.5, 0.6) is 0 Å². The van der Waals surface area contributed by atoms with Gasteiger partial charge in [-0.3, -0.25) is 4.79 Å². The van der Waals surface area contributed by atoms with Crippen LogP contribution in [-0.2, 0) is 4.74 Å². The molecular formula is C19H31N3O3S2. The molecule has 1 heterocycles. The molecule has 0 radical (unpaired) electrons. The highest BCUT2D eigenvalue weighted by molar-refractivity contribution is 7.80. The van der Waals surface area contributed by atoms with Crippen molar-refractivity contribution in [3.8, 4) is 0 Å². The van der Waals surface area contributed by atoms with Crippen LogP contribution in [0.25, 0.3) is 0 Å². The monoisotopic (exact) mass is 413 g/mol. The maximum atomic E-state index is 12.4. The maximum Gasteiger partial charge on any atom is 0.341 e. The second kappa shape index (κ2) is 11.9. The molecule has 0 saturated carbocycles. The van der Waals surface area contributed by atoms with E-state index in [9.17, 15) is 9.59 Å². The number of methoxy groups -OCH3 is 1. The van der Waals surface area contributed by atoms with Crippen LogP contribution in [0.15, 0.2) is 0 Å². The molecular weight excluding hydrogens is 382 g/mol. The number of thiocarbonyl (C=S) groups is 1. The number of rotatable bonds is 10. The summed E-state index contributed by atoms with van der Waals surface area (Å²) in [6.07, 6.45) is 7.26. The van der Waals surface area contributed by atoms with Crippen LogP contribution >= 0.6 is 23.6 Å². The Balaban J connectivity index is 2.72. The number of nitrogens with zero attached hydrogens (tertiary/aromatic N) is 1. The molecule has 1 aromatic heterocycles. The number of hydrogen-bond acceptors (Lipinski definition) is 5. The molecule has 6 nitrogen and oxygen atoms in total. The Hall–Kier alpha value is -1.67. The lowest BCUT2D eigenvalue weighted by atomic mass is 10.1. The fraction of sp³-hybridized carbons (Fsp3) is 0.632. The van der Waals surface area contributed by atoms with E-state index in [1.807, 2.05) is 0 Å². The van der Waals surface area contributed by atoms with Gasteiger partial charge in [0.1, 0.15) is 5.00 Å². The zero-order valence-corrected chi connectivity index (χ0v) is 18.6. The summed E-state index contributed by atoms with van der Waals surface area (Å²) in [7, 11) is 4.68. The summed E-state index contributed by atoms with van der Waals surface area (Å²) in [4.78, 5) is 26.5. The highest BCUT2D eigenvalue weighted by Crippen LogP contribution is 2.34. The topological polar surface area (TPSA) is 70.7 Å². The molecule has 0 aromatic carbocycles. The van der Waals surface area contributed by atoms with Crippen LogP contribution in [0.4, 0.5) is 5.00 Å². The highest BCUT2D eigenvalue weighted by atomic mass is 32.1. The van der Waals surface area contributed by atoms with E-state index < -0.39 is 5.97 Å². The van der Waals surface area contributed by atoms with E-state index in [4.69, 9.17) is 17.0 Å². The van der Waals surface area contributed by atoms with Crippen LogP contribution in [0, 0.1) is 6.92 Å². The van der Waals surface area contributed by atoms with Crippen molar-refractivity contribution in [2.45, 2.75) is 52.4 Å². The smallest absolute Gasteiger partial charge is 0.341 e. The number of thiophene rings is 1. The molecule has 1 amide bonds. The zero-order valence-electron chi connectivity index (χ0n) is 16.9. The van der Waals surface area contributed by atoms with Gasteiger partial charge in [-0.05, 0) is 31.1 Å². The molecule has 0 aliphatic carbocycles. The number of esters is 1. The van der Waals surface area contributed by atoms with E-state index in [0.29, 0.717) is 26.1 Å². The van der Waals surface area contributed by atoms with Crippen molar-refractivity contribution in [2.75, 3.05) is 33.1 Å². The Kier molecular flexibility index (Phi) is 10.3. The lowest BCUT2D eigenvalue weighted by Gasteiger charge is -2.10. The Labute approximate surface area is 171 Å². The summed E-state index contributed by atoms with van der Waals surface area (Å²) in [5.41, 5.74) is 0.961. The van der Waals surface area contributed by atoms with Crippen molar-refractivity contribution in [1.82, 2.24) is 10.2 Å². The average molecular weight is 414 g/mol. The minimum atomic E-state index is -0.484. The minimum Gasteiger partial charge on any atom is -0.465 e. The fourth-order valence-electron chi connectivity index (χ4n) is 2.61. The number of carbonyl (C=O) groups excluding carboxylic acids is 2. The molecule has 0 atom stereocenters. The van der Waals surface area contributed by atoms with Crippen LogP contribution in [0.1, 0.15) is 71.0 Å². The van der Waals surface area contributed by atoms with E-state index in [1.54, 1.807) is 21.0 Å². The van der Waals surface area contributed by atoms with Crippen molar-refractivity contribution in [3.63, 3.8) is 0 Å². The van der Waals surface area contributed by atoms with E-state index in [1.165, 1.54) is 55.5 Å². The molecule has 152 valence electrons. The van der Waals surface area contributed by atoms with E-state index in [0.717, 1.165) is 13.0 Å². The first-order chi connectivity index (χ1) is 12.8. The van der Waals surface area contributed by atoms with Gasteiger partial charge in [-0.25, -0.2) is 4.79 Å². The van der Waals surface area contributed by atoms with Gasteiger partial charge in [0.15, 0.2) is 5.11 Å². The molecule has 27 heavy (non-hydrogen) atoms. The molecule has 0 bridgehead atoms. The van der Waals surface area contributed by atoms with Crippen molar-refractivity contribution < 1.29 is 14.3 Å². The number of ether oxygens (including phenoxy) is 1. The molecule has 1 aromatic rings. The molecule has 2 N–H and O–H groups in total. The van der Waals surface area contributed by atoms with E-state index in [-0.39, 0.29) is 5.91 Å². The normalized spacial score (nSPS) is 10.4. The van der Waals surface area contributed by atoms with Gasteiger partial charge in [0.2, 0.25) is 0 Å². The Morgan fingerprint density at radius 1 is 1.15 bits per heavy atom. The largest absolute Gasteiger partial charge is 0.465 e. The Morgan fingerprint density at radius 2 is 1.78 bits per heavy atom. The van der Waals surface area contributed by atoms with Crippen molar-refractivity contribution >= 4 is 45.5 Å². The molecule has 0 aliphatic heterocycles. The first kappa shape index (κ1) is 23.4. The fourth-order valence-corrected chi connectivity index (χ4v) is 4.10. The Bertz CT molecular complexity index is 657. The molecule has 0 unspecified atom stereocenters. The van der Waals surface area contributed by atoms with Gasteiger partial charge in [-0.1, -0.05) is 39.0 Å². The maximum absolute atomic E-state index is 12.4. The number of amides is 1. The molecule has 0 spiro atoms. The predicted octanol–water partition coefficient (Wildman–Crippen LogP) is 4.19. The van der Waals surface area contributed by atoms with Gasteiger partial charge in [-0.2, -0.15) is 0 Å². The SMILES string of the molecule is CCCCCCCCNC(=S)Nc1sc(C(=O)N(C)C)c(C)c1C(=O)OC. The van der Waals surface area contributed by atoms with Gasteiger partial charge < -0.3 is 20.3 Å². The lowest BCUT2D eigenvalue weighted by Crippen LogP contribution is -2.29. The summed E-state index contributed by atoms with van der Waals surface area (Å²) >= 11 is 6.56. The second-order valence-corrected chi connectivity index (χ2v) is 8.03. The molecule has 1 rings (SSSR count). The molecule has 0 aliphatic rings. The summed E-state index contributed by atoms with van der Waals surface area (Å²) in [6, 6.07) is 0. The minimum absolute atomic E-state index is 0.151. The van der Waals surface area contributed by atoms with Gasteiger partial charge in [0.05, 0.1) is 17.6 Å². The summed E-state index contributed by atoms with van der Waals surface area (Å²) < 4.78 is 4.88. The number of anilines is 1. The zero-order chi connectivity index (χ0) is 20.4. The first-order valence-corrected chi connectivity index (χ1v) is 10.5.